The first-order chi connectivity index (χ1) is 17.0. The van der Waals surface area contributed by atoms with Gasteiger partial charge in [0.2, 0.25) is 0 Å². The molecule has 0 bridgehead atoms. The number of hydrazone groups is 1. The molecule has 8 nitrogen and oxygen atoms in total. The zero-order chi connectivity index (χ0) is 26.2. The number of carboxylic acids is 1. The number of hydrogen-bond donors (Lipinski definition) is 2. The number of phenols is 1. The Balaban J connectivity index is 1.69. The third kappa shape index (κ3) is 4.75. The highest BCUT2D eigenvalue weighted by Crippen LogP contribution is 2.38. The number of aryl methyl sites for hydroxylation is 2. The highest BCUT2D eigenvalue weighted by molar-refractivity contribution is 6.20. The first-order valence-electron chi connectivity index (χ1n) is 11.5. The van der Waals surface area contributed by atoms with Gasteiger partial charge in [0.25, 0.3) is 5.91 Å². The van der Waals surface area contributed by atoms with Crippen LogP contribution in [0, 0.1) is 19.3 Å². The second-order valence-corrected chi connectivity index (χ2v) is 9.83. The van der Waals surface area contributed by atoms with Crippen LogP contribution in [0.2, 0.25) is 0 Å². The van der Waals surface area contributed by atoms with E-state index in [0.717, 1.165) is 11.1 Å². The summed E-state index contributed by atoms with van der Waals surface area (Å²) >= 11 is 0. The number of benzene rings is 3. The van der Waals surface area contributed by atoms with Crippen molar-refractivity contribution in [3.8, 4) is 16.9 Å². The lowest BCUT2D eigenvalue weighted by molar-refractivity contribution is -0.117. The van der Waals surface area contributed by atoms with E-state index >= 15 is 0 Å². The average molecular weight is 485 g/mol. The molecule has 1 aliphatic heterocycles. The van der Waals surface area contributed by atoms with E-state index in [-0.39, 0.29) is 22.9 Å². The summed E-state index contributed by atoms with van der Waals surface area (Å²) < 4.78 is 0. The van der Waals surface area contributed by atoms with Gasteiger partial charge in [0.1, 0.15) is 5.69 Å². The van der Waals surface area contributed by atoms with Gasteiger partial charge in [0.15, 0.2) is 11.8 Å². The van der Waals surface area contributed by atoms with E-state index < -0.39 is 17.4 Å². The fraction of sp³-hybridized carbons (Fsp3) is 0.250. The number of carbonyl (C=O) groups is 2. The van der Waals surface area contributed by atoms with Crippen LogP contribution in [0.4, 0.5) is 11.4 Å². The fourth-order valence-electron chi connectivity index (χ4n) is 3.94. The first kappa shape index (κ1) is 24.8. The number of azo groups is 1. The Hall–Kier alpha value is -4.33. The fourth-order valence-corrected chi connectivity index (χ4v) is 3.94. The number of amides is 1. The van der Waals surface area contributed by atoms with Gasteiger partial charge in [-0.25, -0.2) is 4.79 Å². The molecule has 36 heavy (non-hydrogen) atoms. The van der Waals surface area contributed by atoms with Gasteiger partial charge in [-0.2, -0.15) is 20.3 Å². The molecular formula is C28H28N4O4. The number of nitrogens with zero attached hydrogens (tertiary/aromatic N) is 4. The highest BCUT2D eigenvalue weighted by Gasteiger charge is 2.42. The summed E-state index contributed by atoms with van der Waals surface area (Å²) in [6.45, 7) is 9.86. The van der Waals surface area contributed by atoms with Crippen LogP contribution in [-0.2, 0) is 4.79 Å². The predicted octanol–water partition coefficient (Wildman–Crippen LogP) is 6.28. The molecule has 0 aromatic heterocycles. The van der Waals surface area contributed by atoms with Crippen LogP contribution in [0.25, 0.3) is 11.1 Å². The number of aromatic hydroxyl groups is 1. The number of carboxylic acid groups (broad SMARTS) is 1. The predicted molar refractivity (Wildman–Crippen MR) is 139 cm³/mol. The van der Waals surface area contributed by atoms with Gasteiger partial charge in [-0.3, -0.25) is 4.79 Å². The van der Waals surface area contributed by atoms with Crippen molar-refractivity contribution in [1.29, 1.82) is 0 Å². The van der Waals surface area contributed by atoms with E-state index in [2.05, 4.69) is 15.3 Å². The lowest BCUT2D eigenvalue weighted by Gasteiger charge is -2.19. The van der Waals surface area contributed by atoms with E-state index in [4.69, 9.17) is 0 Å². The summed E-state index contributed by atoms with van der Waals surface area (Å²) in [4.78, 5) is 24.7. The lowest BCUT2D eigenvalue weighted by atomic mass is 9.86. The molecule has 184 valence electrons. The maximum absolute atomic E-state index is 13.4. The second-order valence-electron chi connectivity index (χ2n) is 9.83. The summed E-state index contributed by atoms with van der Waals surface area (Å²) in [7, 11) is 0. The van der Waals surface area contributed by atoms with Crippen LogP contribution < -0.4 is 5.01 Å². The number of rotatable bonds is 5. The van der Waals surface area contributed by atoms with Crippen molar-refractivity contribution in [2.45, 2.75) is 40.7 Å². The van der Waals surface area contributed by atoms with Crippen LogP contribution in [-0.4, -0.2) is 33.8 Å². The van der Waals surface area contributed by atoms with Crippen molar-refractivity contribution < 1.29 is 19.8 Å². The molecule has 1 amide bonds. The standard InChI is InChI=1S/C28H28N4O4/c1-16-12-13-20(14-17(16)2)32-26(34)23(25(31-32)28(3,4)5)30-29-22-11-7-10-21(24(22)33)18-8-6-9-19(15-18)27(35)36/h6-15,23,33H,1-5H3,(H,35,36). The monoisotopic (exact) mass is 484 g/mol. The van der Waals surface area contributed by atoms with Gasteiger partial charge in [0, 0.05) is 11.0 Å². The summed E-state index contributed by atoms with van der Waals surface area (Å²) in [5, 5.41) is 34.7. The SMILES string of the molecule is Cc1ccc(N2N=C(C(C)(C)C)C(N=Nc3cccc(-c4cccc(C(=O)O)c4)c3O)C2=O)cc1C. The molecule has 8 heteroatoms. The van der Waals surface area contributed by atoms with Gasteiger partial charge < -0.3 is 10.2 Å². The van der Waals surface area contributed by atoms with E-state index in [9.17, 15) is 19.8 Å². The van der Waals surface area contributed by atoms with E-state index in [1.807, 2.05) is 52.8 Å². The summed E-state index contributed by atoms with van der Waals surface area (Å²) in [6, 6.07) is 16.0. The van der Waals surface area contributed by atoms with E-state index in [1.165, 1.54) is 17.1 Å². The zero-order valence-corrected chi connectivity index (χ0v) is 20.9. The minimum Gasteiger partial charge on any atom is -0.505 e. The largest absolute Gasteiger partial charge is 0.505 e. The molecule has 0 spiro atoms. The zero-order valence-electron chi connectivity index (χ0n) is 20.9. The van der Waals surface area contributed by atoms with E-state index in [0.29, 0.717) is 22.5 Å². The Morgan fingerprint density at radius 3 is 2.39 bits per heavy atom. The molecule has 1 heterocycles. The molecule has 0 saturated heterocycles. The smallest absolute Gasteiger partial charge is 0.335 e. The molecule has 0 saturated carbocycles. The molecule has 4 rings (SSSR count). The molecule has 1 unspecified atom stereocenters. The summed E-state index contributed by atoms with van der Waals surface area (Å²) in [5.41, 5.74) is 4.15. The number of para-hydroxylation sites is 1. The topological polar surface area (TPSA) is 115 Å². The van der Waals surface area contributed by atoms with Crippen molar-refractivity contribution in [2.24, 2.45) is 20.7 Å². The molecule has 2 N–H and O–H groups in total. The van der Waals surface area contributed by atoms with Gasteiger partial charge >= 0.3 is 5.97 Å². The molecular weight excluding hydrogens is 456 g/mol. The normalized spacial score (nSPS) is 16.0. The first-order valence-corrected chi connectivity index (χ1v) is 11.5. The molecule has 3 aromatic rings. The molecule has 0 aliphatic carbocycles. The maximum atomic E-state index is 13.4. The van der Waals surface area contributed by atoms with Crippen molar-refractivity contribution in [3.05, 3.63) is 77.4 Å². The highest BCUT2D eigenvalue weighted by atomic mass is 16.4. The van der Waals surface area contributed by atoms with Crippen molar-refractivity contribution >= 4 is 29.0 Å². The number of carbonyl (C=O) groups excluding carboxylic acids is 1. The number of phenolic OH excluding ortho intramolecular Hbond substituents is 1. The number of hydrogen-bond acceptors (Lipinski definition) is 6. The Kier molecular flexibility index (Phi) is 6.45. The average Bonchev–Trinajstić information content (AvgIpc) is 3.17. The molecule has 0 radical (unpaired) electrons. The summed E-state index contributed by atoms with van der Waals surface area (Å²) in [5.74, 6) is -1.54. The molecule has 3 aromatic carbocycles. The lowest BCUT2D eigenvalue weighted by Crippen LogP contribution is -2.35. The van der Waals surface area contributed by atoms with Crippen LogP contribution in [0.1, 0.15) is 42.3 Å². The van der Waals surface area contributed by atoms with Crippen LogP contribution >= 0.6 is 0 Å². The second kappa shape index (κ2) is 9.37. The molecule has 1 atom stereocenters. The van der Waals surface area contributed by atoms with Gasteiger partial charge in [-0.05, 0) is 60.9 Å². The Morgan fingerprint density at radius 1 is 1.00 bits per heavy atom. The van der Waals surface area contributed by atoms with Crippen LogP contribution in [0.5, 0.6) is 5.75 Å². The van der Waals surface area contributed by atoms with Gasteiger partial charge in [-0.15, -0.1) is 0 Å². The minimum absolute atomic E-state index is 0.105. The minimum atomic E-state index is -1.06. The van der Waals surface area contributed by atoms with E-state index in [1.54, 1.807) is 30.3 Å². The number of anilines is 1. The Bertz CT molecular complexity index is 1420. The van der Waals surface area contributed by atoms with Gasteiger partial charge in [0.05, 0.1) is 17.0 Å². The molecule has 0 fully saturated rings. The Morgan fingerprint density at radius 2 is 1.72 bits per heavy atom. The quantitative estimate of drug-likeness (QED) is 0.415. The molecule has 1 aliphatic rings. The maximum Gasteiger partial charge on any atom is 0.335 e. The van der Waals surface area contributed by atoms with Crippen molar-refractivity contribution in [2.75, 3.05) is 5.01 Å². The van der Waals surface area contributed by atoms with Crippen LogP contribution in [0.3, 0.4) is 0 Å². The van der Waals surface area contributed by atoms with Crippen molar-refractivity contribution in [1.82, 2.24) is 0 Å². The Labute approximate surface area is 209 Å². The summed E-state index contributed by atoms with van der Waals surface area (Å²) in [6.07, 6.45) is 0. The third-order valence-corrected chi connectivity index (χ3v) is 6.13. The van der Waals surface area contributed by atoms with Gasteiger partial charge in [-0.1, -0.05) is 51.1 Å². The number of aromatic carboxylic acids is 1. The van der Waals surface area contributed by atoms with Crippen LogP contribution in [0.15, 0.2) is 76.0 Å². The third-order valence-electron chi connectivity index (χ3n) is 6.13. The van der Waals surface area contributed by atoms with Crippen molar-refractivity contribution in [3.63, 3.8) is 0 Å².